The molecule has 1 atom stereocenters. The molecule has 1 unspecified atom stereocenters. The number of hydrogen-bond acceptors (Lipinski definition) is 6. The Morgan fingerprint density at radius 1 is 1.47 bits per heavy atom. The van der Waals surface area contributed by atoms with Gasteiger partial charge in [0.25, 0.3) is 5.69 Å². The van der Waals surface area contributed by atoms with Crippen molar-refractivity contribution in [2.24, 2.45) is 10.2 Å². The molecule has 0 saturated carbocycles. The van der Waals surface area contributed by atoms with Crippen LogP contribution < -0.4 is 5.32 Å². The summed E-state index contributed by atoms with van der Waals surface area (Å²) in [4.78, 5) is 21.5. The van der Waals surface area contributed by atoms with Crippen LogP contribution in [0.1, 0.15) is 12.5 Å². The Bertz CT molecular complexity index is 585. The van der Waals surface area contributed by atoms with Crippen molar-refractivity contribution in [1.29, 1.82) is 0 Å². The molecule has 0 bridgehead atoms. The molecule has 0 spiro atoms. The van der Waals surface area contributed by atoms with Gasteiger partial charge in [-0.3, -0.25) is 14.9 Å². The van der Waals surface area contributed by atoms with Crippen LogP contribution >= 0.6 is 11.8 Å². The zero-order chi connectivity index (χ0) is 13.8. The van der Waals surface area contributed by atoms with Gasteiger partial charge in [0.1, 0.15) is 0 Å². The first-order chi connectivity index (χ1) is 9.08. The zero-order valence-electron chi connectivity index (χ0n) is 9.94. The van der Waals surface area contributed by atoms with Crippen molar-refractivity contribution in [2.45, 2.75) is 12.2 Å². The minimum atomic E-state index is -0.483. The molecule has 0 radical (unpaired) electrons. The summed E-state index contributed by atoms with van der Waals surface area (Å²) in [6.07, 6.45) is 1.29. The van der Waals surface area contributed by atoms with Gasteiger partial charge >= 0.3 is 0 Å². The Hall–Kier alpha value is -2.22. The molecule has 8 heteroatoms. The fourth-order valence-electron chi connectivity index (χ4n) is 1.41. The molecular formula is C11H10N4O3S. The van der Waals surface area contributed by atoms with Gasteiger partial charge in [-0.05, 0) is 13.0 Å². The molecule has 98 valence electrons. The summed E-state index contributed by atoms with van der Waals surface area (Å²) in [6, 6.07) is 6.22. The Morgan fingerprint density at radius 2 is 2.21 bits per heavy atom. The van der Waals surface area contributed by atoms with Crippen molar-refractivity contribution < 1.29 is 9.72 Å². The van der Waals surface area contributed by atoms with Crippen molar-refractivity contribution in [3.63, 3.8) is 0 Å². The van der Waals surface area contributed by atoms with E-state index in [1.807, 2.05) is 0 Å². The predicted octanol–water partition coefficient (Wildman–Crippen LogP) is 1.54. The molecule has 1 aliphatic rings. The third-order valence-electron chi connectivity index (χ3n) is 2.37. The Balaban J connectivity index is 2.14. The maximum atomic E-state index is 11.2. The molecule has 0 aliphatic carbocycles. The second-order valence-electron chi connectivity index (χ2n) is 3.71. The maximum absolute atomic E-state index is 11.2. The summed E-state index contributed by atoms with van der Waals surface area (Å²) in [6.45, 7) is 1.76. The summed E-state index contributed by atoms with van der Waals surface area (Å²) in [5, 5.41) is 21.1. The number of thioether (sulfide) groups is 1. The van der Waals surface area contributed by atoms with Gasteiger partial charge in [0, 0.05) is 6.07 Å². The van der Waals surface area contributed by atoms with Crippen LogP contribution in [0, 0.1) is 10.1 Å². The number of nitro groups is 1. The number of carbonyl (C=O) groups is 1. The molecule has 1 aromatic carbocycles. The molecule has 1 heterocycles. The van der Waals surface area contributed by atoms with E-state index in [1.54, 1.807) is 25.1 Å². The van der Waals surface area contributed by atoms with E-state index in [1.165, 1.54) is 24.0 Å². The first kappa shape index (κ1) is 13.2. The summed E-state index contributed by atoms with van der Waals surface area (Å²) in [5.74, 6) is -0.121. The van der Waals surface area contributed by atoms with Crippen molar-refractivity contribution in [1.82, 2.24) is 5.32 Å². The third-order valence-corrected chi connectivity index (χ3v) is 3.34. The molecule has 1 fully saturated rings. The first-order valence-corrected chi connectivity index (χ1v) is 6.28. The number of amides is 1. The van der Waals surface area contributed by atoms with Crippen LogP contribution in [0.15, 0.2) is 34.5 Å². The van der Waals surface area contributed by atoms with E-state index in [2.05, 4.69) is 15.5 Å². The van der Waals surface area contributed by atoms with Crippen molar-refractivity contribution in [3.8, 4) is 0 Å². The van der Waals surface area contributed by atoms with E-state index in [9.17, 15) is 14.9 Å². The van der Waals surface area contributed by atoms with Gasteiger partial charge in [0.05, 0.1) is 22.0 Å². The number of rotatable bonds is 3. The molecule has 7 nitrogen and oxygen atoms in total. The second kappa shape index (κ2) is 5.61. The lowest BCUT2D eigenvalue weighted by Crippen LogP contribution is -2.23. The van der Waals surface area contributed by atoms with E-state index in [-0.39, 0.29) is 16.8 Å². The number of carbonyl (C=O) groups excluding carboxylic acids is 1. The summed E-state index contributed by atoms with van der Waals surface area (Å²) >= 11 is 1.26. The van der Waals surface area contributed by atoms with Crippen LogP contribution in [-0.4, -0.2) is 27.5 Å². The number of nitro benzene ring substituents is 1. The highest BCUT2D eigenvalue weighted by Crippen LogP contribution is 2.18. The lowest BCUT2D eigenvalue weighted by atomic mass is 10.2. The Morgan fingerprint density at radius 3 is 2.84 bits per heavy atom. The fourth-order valence-corrected chi connectivity index (χ4v) is 2.17. The third kappa shape index (κ3) is 3.16. The van der Waals surface area contributed by atoms with Crippen molar-refractivity contribution in [3.05, 3.63) is 39.9 Å². The highest BCUT2D eigenvalue weighted by Gasteiger charge is 2.25. The molecule has 1 N–H and O–H groups in total. The SMILES string of the molecule is CC1S/C(=N/N=C/c2ccccc2[N+](=O)[O-])NC1=O. The van der Waals surface area contributed by atoms with E-state index in [4.69, 9.17) is 0 Å². The number of benzene rings is 1. The van der Waals surface area contributed by atoms with Crippen LogP contribution in [0.3, 0.4) is 0 Å². The first-order valence-electron chi connectivity index (χ1n) is 5.40. The van der Waals surface area contributed by atoms with Crippen LogP contribution in [0.2, 0.25) is 0 Å². The Labute approximate surface area is 112 Å². The predicted molar refractivity (Wildman–Crippen MR) is 73.3 cm³/mol. The highest BCUT2D eigenvalue weighted by atomic mass is 32.2. The summed E-state index contributed by atoms with van der Waals surface area (Å²) < 4.78 is 0. The van der Waals surface area contributed by atoms with E-state index in [0.717, 1.165) is 0 Å². The summed E-state index contributed by atoms with van der Waals surface area (Å²) in [5.41, 5.74) is 0.321. The van der Waals surface area contributed by atoms with Gasteiger partial charge in [0.15, 0.2) is 5.17 Å². The number of nitrogens with zero attached hydrogens (tertiary/aromatic N) is 3. The Kier molecular flexibility index (Phi) is 3.91. The standard InChI is InChI=1S/C11H10N4O3S/c1-7-10(16)13-11(19-7)14-12-6-8-4-2-3-5-9(8)15(17)18/h2-7H,1H3,(H,13,14,16)/b12-6+. The molecule has 19 heavy (non-hydrogen) atoms. The number of para-hydroxylation sites is 1. The van der Waals surface area contributed by atoms with Gasteiger partial charge in [-0.25, -0.2) is 0 Å². The molecule has 1 amide bonds. The molecule has 1 saturated heterocycles. The van der Waals surface area contributed by atoms with Crippen molar-refractivity contribution >= 4 is 34.7 Å². The molecule has 1 aromatic rings. The normalized spacial score (nSPS) is 21.0. The van der Waals surface area contributed by atoms with Crippen LogP contribution in [0.25, 0.3) is 0 Å². The number of hydrogen-bond donors (Lipinski definition) is 1. The molecule has 0 aromatic heterocycles. The fraction of sp³-hybridized carbons (Fsp3) is 0.182. The van der Waals surface area contributed by atoms with Gasteiger partial charge in [-0.1, -0.05) is 23.9 Å². The van der Waals surface area contributed by atoms with Gasteiger partial charge in [0.2, 0.25) is 5.91 Å². The topological polar surface area (TPSA) is 97.0 Å². The van der Waals surface area contributed by atoms with E-state index in [0.29, 0.717) is 10.7 Å². The number of amidine groups is 1. The van der Waals surface area contributed by atoms with Crippen molar-refractivity contribution in [2.75, 3.05) is 0 Å². The van der Waals surface area contributed by atoms with Crippen LogP contribution in [0.5, 0.6) is 0 Å². The monoisotopic (exact) mass is 278 g/mol. The quantitative estimate of drug-likeness (QED) is 0.515. The minimum Gasteiger partial charge on any atom is -0.303 e. The maximum Gasteiger partial charge on any atom is 0.278 e. The van der Waals surface area contributed by atoms with Gasteiger partial charge < -0.3 is 5.32 Å². The molecular weight excluding hydrogens is 268 g/mol. The van der Waals surface area contributed by atoms with Gasteiger partial charge in [-0.2, -0.15) is 5.10 Å². The second-order valence-corrected chi connectivity index (χ2v) is 5.04. The average molecular weight is 278 g/mol. The van der Waals surface area contributed by atoms with Crippen LogP contribution in [0.4, 0.5) is 5.69 Å². The van der Waals surface area contributed by atoms with E-state index < -0.39 is 4.92 Å². The lowest BCUT2D eigenvalue weighted by Gasteiger charge is -1.94. The number of nitrogens with one attached hydrogen (secondary N) is 1. The highest BCUT2D eigenvalue weighted by molar-refractivity contribution is 8.15. The summed E-state index contributed by atoms with van der Waals surface area (Å²) in [7, 11) is 0. The smallest absolute Gasteiger partial charge is 0.278 e. The van der Waals surface area contributed by atoms with Crippen LogP contribution in [-0.2, 0) is 4.79 Å². The molecule has 2 rings (SSSR count). The average Bonchev–Trinajstić information content (AvgIpc) is 2.69. The zero-order valence-corrected chi connectivity index (χ0v) is 10.8. The lowest BCUT2D eigenvalue weighted by molar-refractivity contribution is -0.385. The largest absolute Gasteiger partial charge is 0.303 e. The minimum absolute atomic E-state index is 0.0390. The molecule has 1 aliphatic heterocycles. The van der Waals surface area contributed by atoms with E-state index >= 15 is 0 Å². The van der Waals surface area contributed by atoms with Gasteiger partial charge in [-0.15, -0.1) is 5.10 Å².